The molecule has 0 spiro atoms. The van der Waals surface area contributed by atoms with E-state index in [-0.39, 0.29) is 0 Å². The quantitative estimate of drug-likeness (QED) is 0.409. The first-order valence-electron chi connectivity index (χ1n) is 1.09. The first kappa shape index (κ1) is 11.8. The molecule has 0 aliphatic rings. The molecule has 0 amide bonds. The van der Waals surface area contributed by atoms with Gasteiger partial charge in [-0.15, -0.1) is 0 Å². The zero-order valence-corrected chi connectivity index (χ0v) is 17.0. The predicted octanol–water partition coefficient (Wildman–Crippen LogP) is 1.80. The van der Waals surface area contributed by atoms with E-state index in [4.69, 9.17) is 24.7 Å². The van der Waals surface area contributed by atoms with Crippen LogP contribution in [0.2, 0.25) is 0 Å². The van der Waals surface area contributed by atoms with Gasteiger partial charge in [-0.1, -0.05) is 0 Å². The van der Waals surface area contributed by atoms with Crippen molar-refractivity contribution in [3.05, 3.63) is 0 Å². The summed E-state index contributed by atoms with van der Waals surface area (Å²) >= 11 is -1.76. The summed E-state index contributed by atoms with van der Waals surface area (Å²) in [4.78, 5) is 0. The van der Waals surface area contributed by atoms with Crippen molar-refractivity contribution in [1.82, 2.24) is 0 Å². The first-order chi connectivity index (χ1) is 2.73. The fourth-order valence-electron chi connectivity index (χ4n) is 0. The molecular formula is HCl4Hg2. The van der Waals surface area contributed by atoms with Gasteiger partial charge in [-0.25, -0.2) is 0 Å². The molecule has 0 rings (SSSR count). The average Bonchev–Trinajstić information content (AvgIpc) is 1.41. The molecule has 0 radical (unpaired) electrons. The monoisotopic (exact) mass is 545 g/mol. The van der Waals surface area contributed by atoms with Crippen LogP contribution in [0, 0.1) is 8.25 Å². The molecule has 0 aromatic heterocycles. The Morgan fingerprint density at radius 2 is 1.17 bits per heavy atom. The molecule has 0 saturated carbocycles. The second kappa shape index (κ2) is 10.9. The SMILES string of the molecule is [ClH+][Hg].[Cl][Hg-]([Cl])[Cl]. The van der Waals surface area contributed by atoms with Crippen LogP contribution in [0.15, 0.2) is 0 Å². The second-order valence-corrected chi connectivity index (χ2v) is 23.9. The van der Waals surface area contributed by atoms with Gasteiger partial charge in [0.2, 0.25) is 0 Å². The van der Waals surface area contributed by atoms with Crippen LogP contribution in [0.25, 0.3) is 0 Å². The Hall–Kier alpha value is 3.03. The van der Waals surface area contributed by atoms with Gasteiger partial charge in [0, 0.05) is 0 Å². The topological polar surface area (TPSA) is 0 Å². The van der Waals surface area contributed by atoms with Crippen molar-refractivity contribution in [3.63, 3.8) is 0 Å². The van der Waals surface area contributed by atoms with E-state index in [0.717, 1.165) is 0 Å². The molecule has 0 bridgehead atoms. The van der Waals surface area contributed by atoms with E-state index in [1.54, 1.807) is 0 Å². The molecule has 0 heterocycles. The fraction of sp³-hybridized carbons (Fsp3) is 0. The second-order valence-electron chi connectivity index (χ2n) is 0.303. The molecule has 6 heteroatoms. The van der Waals surface area contributed by atoms with Gasteiger partial charge >= 0.3 is 77.2 Å². The van der Waals surface area contributed by atoms with Gasteiger partial charge in [0.15, 0.2) is 0 Å². The third-order valence-corrected chi connectivity index (χ3v) is 0. The van der Waals surface area contributed by atoms with Crippen molar-refractivity contribution in [2.24, 2.45) is 0 Å². The maximum absolute atomic E-state index is 5.04. The molecule has 6 heavy (non-hydrogen) atoms. The van der Waals surface area contributed by atoms with Crippen LogP contribution in [0.5, 0.6) is 0 Å². The Bertz CT molecular complexity index is 10.3. The Labute approximate surface area is 75.5 Å². The zero-order valence-electron chi connectivity index (χ0n) is 2.96. The predicted molar refractivity (Wildman–Crippen MR) is 19.0 cm³/mol. The van der Waals surface area contributed by atoms with Gasteiger partial charge in [0.1, 0.15) is 0 Å². The van der Waals surface area contributed by atoms with E-state index < -0.39 is 19.3 Å². The molecular weight excluding hydrogens is 543 g/mol. The average molecular weight is 544 g/mol. The number of hydrogen-bond donors (Lipinski definition) is 0. The van der Waals surface area contributed by atoms with Crippen molar-refractivity contribution in [2.45, 2.75) is 0 Å². The van der Waals surface area contributed by atoms with Crippen molar-refractivity contribution in [2.75, 3.05) is 0 Å². The van der Waals surface area contributed by atoms with Crippen LogP contribution in [-0.4, -0.2) is 0 Å². The molecule has 0 aromatic carbocycles. The van der Waals surface area contributed by atoms with Crippen molar-refractivity contribution < 1.29 is 52.5 Å². The summed E-state index contributed by atoms with van der Waals surface area (Å²) < 4.78 is 0. The summed E-state index contributed by atoms with van der Waals surface area (Å²) in [6, 6.07) is 0. The number of halogens is 4. The molecule has 0 aliphatic heterocycles. The van der Waals surface area contributed by atoms with Crippen LogP contribution >= 0.6 is 24.7 Å². The summed E-state index contributed by atoms with van der Waals surface area (Å²) in [5.74, 6) is 0. The molecule has 0 aliphatic carbocycles. The van der Waals surface area contributed by atoms with Gasteiger partial charge in [-0.05, 0) is 0 Å². The van der Waals surface area contributed by atoms with Gasteiger partial charge in [-0.3, -0.25) is 0 Å². The molecule has 0 atom stereocenters. The summed E-state index contributed by atoms with van der Waals surface area (Å²) in [7, 11) is 19.4. The van der Waals surface area contributed by atoms with Gasteiger partial charge in [0.25, 0.3) is 0 Å². The van der Waals surface area contributed by atoms with Crippen LogP contribution in [0.1, 0.15) is 0 Å². The molecule has 33 valence electrons. The van der Waals surface area contributed by atoms with E-state index >= 15 is 0 Å². The maximum atomic E-state index is 5.04. The minimum atomic E-state index is -2.37. The van der Waals surface area contributed by atoms with Gasteiger partial charge in [-0.2, -0.15) is 0 Å². The fourth-order valence-corrected chi connectivity index (χ4v) is 0. The Kier molecular flexibility index (Phi) is 21.4. The molecule has 0 N–H and O–H groups in total. The summed E-state index contributed by atoms with van der Waals surface area (Å²) in [6.07, 6.45) is 0. The Morgan fingerprint density at radius 3 is 1.17 bits per heavy atom. The van der Waals surface area contributed by atoms with Crippen molar-refractivity contribution in [1.29, 1.82) is 0 Å². The van der Waals surface area contributed by atoms with Crippen molar-refractivity contribution >= 4 is 24.7 Å². The molecule has 0 fully saturated rings. The molecule has 0 nitrogen and oxygen atoms in total. The van der Waals surface area contributed by atoms with Crippen LogP contribution in [0.3, 0.4) is 0 Å². The first-order valence-corrected chi connectivity index (χ1v) is 28.7. The van der Waals surface area contributed by atoms with E-state index in [0.29, 0.717) is 24.9 Å². The molecule has 0 saturated heterocycles. The summed E-state index contributed by atoms with van der Waals surface area (Å²) in [5.41, 5.74) is 0. The van der Waals surface area contributed by atoms with Crippen molar-refractivity contribution in [3.8, 4) is 0 Å². The Morgan fingerprint density at radius 1 is 1.17 bits per heavy atom. The third kappa shape index (κ3) is 27.8. The van der Waals surface area contributed by atoms with E-state index in [9.17, 15) is 0 Å². The summed E-state index contributed by atoms with van der Waals surface area (Å²) in [6.45, 7) is 0. The minimum absolute atomic E-state index is 0.611. The summed E-state index contributed by atoms with van der Waals surface area (Å²) in [5, 5.41) is 0. The van der Waals surface area contributed by atoms with Gasteiger partial charge < -0.3 is 0 Å². The van der Waals surface area contributed by atoms with E-state index in [2.05, 4.69) is 8.25 Å². The van der Waals surface area contributed by atoms with Crippen LogP contribution in [-0.2, 0) is 44.2 Å². The number of hydrogen-bond acceptors (Lipinski definition) is 0. The van der Waals surface area contributed by atoms with Crippen LogP contribution in [0.4, 0.5) is 0 Å². The van der Waals surface area contributed by atoms with Crippen LogP contribution < -0.4 is 0 Å². The standard InChI is InChI=1S/4ClH.2Hg/h4*1H;;/q;;;;+1;+2/p-3. The molecule has 0 unspecified atom stereocenters. The van der Waals surface area contributed by atoms with Gasteiger partial charge in [0.05, 0.1) is 0 Å². The normalized spacial score (nSPS) is 5.67. The van der Waals surface area contributed by atoms with E-state index in [1.807, 2.05) is 0 Å². The Balaban J connectivity index is 0. The zero-order chi connectivity index (χ0) is 5.58. The third-order valence-electron chi connectivity index (χ3n) is 0. The molecule has 0 aromatic rings. The van der Waals surface area contributed by atoms with E-state index in [1.165, 1.54) is 0 Å². The number of rotatable bonds is 0.